The number of nitrogens with one attached hydrogen (secondary N) is 1. The second-order valence-electron chi connectivity index (χ2n) is 5.71. The second-order valence-corrected chi connectivity index (χ2v) is 5.71. The number of anilines is 1. The molecule has 0 radical (unpaired) electrons. The normalized spacial score (nSPS) is 24.7. The van der Waals surface area contributed by atoms with Crippen molar-refractivity contribution in [1.29, 1.82) is 0 Å². The third-order valence-electron chi connectivity index (χ3n) is 4.05. The molecule has 1 aliphatic heterocycles. The molecule has 19 heavy (non-hydrogen) atoms. The van der Waals surface area contributed by atoms with E-state index in [-0.39, 0.29) is 0 Å². The van der Waals surface area contributed by atoms with Gasteiger partial charge in [-0.2, -0.15) is 0 Å². The first-order valence-electron chi connectivity index (χ1n) is 7.36. The van der Waals surface area contributed by atoms with Crippen LogP contribution in [0.5, 0.6) is 0 Å². The van der Waals surface area contributed by atoms with Crippen molar-refractivity contribution < 1.29 is 0 Å². The van der Waals surface area contributed by atoms with Gasteiger partial charge in [-0.3, -0.25) is 0 Å². The first kappa shape index (κ1) is 14.4. The van der Waals surface area contributed by atoms with E-state index in [0.717, 1.165) is 26.1 Å². The summed E-state index contributed by atoms with van der Waals surface area (Å²) < 4.78 is 0. The van der Waals surface area contributed by atoms with Crippen LogP contribution in [0.2, 0.25) is 0 Å². The minimum Gasteiger partial charge on any atom is -0.362 e. The maximum atomic E-state index is 3.33. The van der Waals surface area contributed by atoms with Gasteiger partial charge < -0.3 is 15.1 Å². The van der Waals surface area contributed by atoms with E-state index < -0.39 is 0 Å². The molecule has 3 heteroatoms. The molecule has 2 atom stereocenters. The molecular weight excluding hydrogens is 234 g/mol. The number of likely N-dealkylation sites (N-methyl/N-ethyl adjacent to an activating group) is 2. The van der Waals surface area contributed by atoms with E-state index in [2.05, 4.69) is 60.3 Å². The number of piperazine rings is 1. The van der Waals surface area contributed by atoms with E-state index in [4.69, 9.17) is 0 Å². The Hall–Kier alpha value is -1.06. The van der Waals surface area contributed by atoms with Gasteiger partial charge in [-0.1, -0.05) is 19.1 Å². The summed E-state index contributed by atoms with van der Waals surface area (Å²) in [6, 6.07) is 10.2. The second kappa shape index (κ2) is 6.40. The van der Waals surface area contributed by atoms with Crippen molar-refractivity contribution in [1.82, 2.24) is 10.2 Å². The van der Waals surface area contributed by atoms with E-state index in [1.54, 1.807) is 0 Å². The van der Waals surface area contributed by atoms with E-state index in [9.17, 15) is 0 Å². The minimum atomic E-state index is 0.547. The Kier molecular flexibility index (Phi) is 4.83. The van der Waals surface area contributed by atoms with Gasteiger partial charge in [0.2, 0.25) is 0 Å². The third kappa shape index (κ3) is 3.28. The molecule has 1 fully saturated rings. The summed E-state index contributed by atoms with van der Waals surface area (Å²) in [7, 11) is 4.26. The summed E-state index contributed by atoms with van der Waals surface area (Å²) in [5.41, 5.74) is 2.77. The summed E-state index contributed by atoms with van der Waals surface area (Å²) >= 11 is 0. The fourth-order valence-corrected chi connectivity index (χ4v) is 3.19. The summed E-state index contributed by atoms with van der Waals surface area (Å²) in [6.45, 7) is 7.82. The van der Waals surface area contributed by atoms with Crippen LogP contribution in [0.4, 0.5) is 5.69 Å². The smallest absolute Gasteiger partial charge is 0.0544 e. The van der Waals surface area contributed by atoms with E-state index in [0.29, 0.717) is 12.1 Å². The van der Waals surface area contributed by atoms with Gasteiger partial charge >= 0.3 is 0 Å². The highest BCUT2D eigenvalue weighted by molar-refractivity contribution is 5.50. The van der Waals surface area contributed by atoms with Crippen molar-refractivity contribution in [3.63, 3.8) is 0 Å². The van der Waals surface area contributed by atoms with Gasteiger partial charge in [-0.25, -0.2) is 0 Å². The van der Waals surface area contributed by atoms with Crippen molar-refractivity contribution in [2.75, 3.05) is 38.6 Å². The van der Waals surface area contributed by atoms with Crippen molar-refractivity contribution in [3.05, 3.63) is 29.8 Å². The molecule has 106 valence electrons. The molecule has 1 aromatic carbocycles. The first-order chi connectivity index (χ1) is 9.15. The van der Waals surface area contributed by atoms with E-state index >= 15 is 0 Å². The zero-order valence-corrected chi connectivity index (χ0v) is 12.7. The molecular formula is C16H27N3. The third-order valence-corrected chi connectivity index (χ3v) is 4.05. The van der Waals surface area contributed by atoms with Crippen LogP contribution in [0, 0.1) is 0 Å². The van der Waals surface area contributed by atoms with Gasteiger partial charge in [0.15, 0.2) is 0 Å². The van der Waals surface area contributed by atoms with Crippen LogP contribution in [0.25, 0.3) is 0 Å². The highest BCUT2D eigenvalue weighted by atomic mass is 15.3. The number of hydrogen-bond acceptors (Lipinski definition) is 3. The lowest BCUT2D eigenvalue weighted by Crippen LogP contribution is -2.59. The monoisotopic (exact) mass is 261 g/mol. The minimum absolute atomic E-state index is 0.547. The highest BCUT2D eigenvalue weighted by Crippen LogP contribution is 2.24. The number of benzene rings is 1. The molecule has 1 aliphatic rings. The largest absolute Gasteiger partial charge is 0.362 e. The number of aryl methyl sites for hydroxylation is 1. The SMILES string of the molecule is CCc1ccc(N2C(C)CN(C)CC2CNC)cc1. The Bertz CT molecular complexity index is 387. The Labute approximate surface area is 117 Å². The van der Waals surface area contributed by atoms with Gasteiger partial charge in [0.05, 0.1) is 6.04 Å². The summed E-state index contributed by atoms with van der Waals surface area (Å²) in [5.74, 6) is 0. The molecule has 0 amide bonds. The summed E-state index contributed by atoms with van der Waals surface area (Å²) in [5, 5.41) is 3.33. The Morgan fingerprint density at radius 1 is 1.21 bits per heavy atom. The highest BCUT2D eigenvalue weighted by Gasteiger charge is 2.30. The van der Waals surface area contributed by atoms with Gasteiger partial charge in [-0.05, 0) is 45.1 Å². The van der Waals surface area contributed by atoms with Crippen LogP contribution < -0.4 is 10.2 Å². The lowest BCUT2D eigenvalue weighted by atomic mass is 10.0. The van der Waals surface area contributed by atoms with Gasteiger partial charge in [0.1, 0.15) is 0 Å². The van der Waals surface area contributed by atoms with Gasteiger partial charge in [0.25, 0.3) is 0 Å². The molecule has 1 aromatic rings. The Morgan fingerprint density at radius 3 is 2.47 bits per heavy atom. The number of rotatable bonds is 4. The average molecular weight is 261 g/mol. The molecule has 1 N–H and O–H groups in total. The zero-order valence-electron chi connectivity index (χ0n) is 12.7. The predicted octanol–water partition coefficient (Wildman–Crippen LogP) is 1.98. The van der Waals surface area contributed by atoms with Gasteiger partial charge in [0, 0.05) is 31.4 Å². The predicted molar refractivity (Wildman–Crippen MR) is 83.0 cm³/mol. The van der Waals surface area contributed by atoms with Crippen LogP contribution in [0.15, 0.2) is 24.3 Å². The molecule has 0 aromatic heterocycles. The molecule has 3 nitrogen and oxygen atoms in total. The number of hydrogen-bond donors (Lipinski definition) is 1. The molecule has 1 heterocycles. The summed E-state index contributed by atoms with van der Waals surface area (Å²) in [4.78, 5) is 5.01. The topological polar surface area (TPSA) is 18.5 Å². The summed E-state index contributed by atoms with van der Waals surface area (Å²) in [6.07, 6.45) is 1.11. The van der Waals surface area contributed by atoms with E-state index in [1.165, 1.54) is 11.3 Å². The van der Waals surface area contributed by atoms with Crippen molar-refractivity contribution >= 4 is 5.69 Å². The van der Waals surface area contributed by atoms with Crippen molar-refractivity contribution in [3.8, 4) is 0 Å². The molecule has 0 bridgehead atoms. The first-order valence-corrected chi connectivity index (χ1v) is 7.36. The average Bonchev–Trinajstić information content (AvgIpc) is 2.39. The van der Waals surface area contributed by atoms with Crippen LogP contribution in [-0.4, -0.2) is 50.7 Å². The Balaban J connectivity index is 2.21. The Morgan fingerprint density at radius 2 is 1.89 bits per heavy atom. The van der Waals surface area contributed by atoms with Crippen LogP contribution >= 0.6 is 0 Å². The molecule has 2 rings (SSSR count). The molecule has 0 aliphatic carbocycles. The molecule has 1 saturated heterocycles. The molecule has 2 unspecified atom stereocenters. The van der Waals surface area contributed by atoms with E-state index in [1.807, 2.05) is 7.05 Å². The maximum Gasteiger partial charge on any atom is 0.0544 e. The van der Waals surface area contributed by atoms with Gasteiger partial charge in [-0.15, -0.1) is 0 Å². The number of nitrogens with zero attached hydrogens (tertiary/aromatic N) is 2. The fourth-order valence-electron chi connectivity index (χ4n) is 3.19. The quantitative estimate of drug-likeness (QED) is 0.894. The van der Waals surface area contributed by atoms with Crippen LogP contribution in [0.1, 0.15) is 19.4 Å². The molecule has 0 spiro atoms. The van der Waals surface area contributed by atoms with Crippen molar-refractivity contribution in [2.45, 2.75) is 32.4 Å². The zero-order chi connectivity index (χ0) is 13.8. The van der Waals surface area contributed by atoms with Crippen LogP contribution in [-0.2, 0) is 6.42 Å². The van der Waals surface area contributed by atoms with Crippen molar-refractivity contribution in [2.24, 2.45) is 0 Å². The standard InChI is InChI=1S/C16H27N3/c1-5-14-6-8-15(9-7-14)19-13(2)11-18(4)12-16(19)10-17-3/h6-9,13,16-17H,5,10-12H2,1-4H3. The van der Waals surface area contributed by atoms with Crippen LogP contribution in [0.3, 0.4) is 0 Å². The lowest BCUT2D eigenvalue weighted by Gasteiger charge is -2.46. The fraction of sp³-hybridized carbons (Fsp3) is 0.625. The molecule has 0 saturated carbocycles. The lowest BCUT2D eigenvalue weighted by molar-refractivity contribution is 0.231. The maximum absolute atomic E-state index is 3.33.